The zero-order valence-corrected chi connectivity index (χ0v) is 12.3. The number of hydrogen-bond donors (Lipinski definition) is 0. The van der Waals surface area contributed by atoms with Crippen LogP contribution in [0.2, 0.25) is 0 Å². The summed E-state index contributed by atoms with van der Waals surface area (Å²) in [5, 5.41) is 0. The van der Waals surface area contributed by atoms with E-state index in [2.05, 4.69) is 43.1 Å². The average molecular weight is 255 g/mol. The van der Waals surface area contributed by atoms with Gasteiger partial charge in [0.15, 0.2) is 0 Å². The van der Waals surface area contributed by atoms with Gasteiger partial charge in [-0.1, -0.05) is 41.0 Å². The van der Waals surface area contributed by atoms with E-state index in [0.29, 0.717) is 6.04 Å². The molecule has 1 heterocycles. The molecular weight excluding hydrogens is 230 g/mol. The fourth-order valence-electron chi connectivity index (χ4n) is 3.64. The lowest BCUT2D eigenvalue weighted by Gasteiger charge is -2.39. The molecule has 0 spiro atoms. The molecule has 1 aromatic carbocycles. The van der Waals surface area contributed by atoms with Crippen LogP contribution in [0.15, 0.2) is 35.4 Å². The van der Waals surface area contributed by atoms with Gasteiger partial charge in [-0.05, 0) is 58.1 Å². The van der Waals surface area contributed by atoms with Crippen molar-refractivity contribution in [3.8, 4) is 0 Å². The molecule has 1 atom stereocenters. The van der Waals surface area contributed by atoms with E-state index in [1.54, 1.807) is 11.1 Å². The van der Waals surface area contributed by atoms with Crippen LogP contribution in [0.5, 0.6) is 0 Å². The van der Waals surface area contributed by atoms with Crippen LogP contribution in [0, 0.1) is 6.92 Å². The summed E-state index contributed by atoms with van der Waals surface area (Å²) in [5.41, 5.74) is 6.42. The zero-order valence-electron chi connectivity index (χ0n) is 12.3. The van der Waals surface area contributed by atoms with Crippen molar-refractivity contribution >= 4 is 0 Å². The summed E-state index contributed by atoms with van der Waals surface area (Å²) in [5.74, 6) is 0. The number of aryl methyl sites for hydroxylation is 1. The Kier molecular flexibility index (Phi) is 3.74. The summed E-state index contributed by atoms with van der Waals surface area (Å²) in [6, 6.07) is 9.76. The SMILES string of the molecule is Cc1ccc(CC2C3=C(CCCC3)CCN2C)cc1. The van der Waals surface area contributed by atoms with Crippen LogP contribution >= 0.6 is 0 Å². The molecule has 0 aromatic heterocycles. The van der Waals surface area contributed by atoms with Crippen molar-refractivity contribution < 1.29 is 0 Å². The molecule has 1 aliphatic carbocycles. The highest BCUT2D eigenvalue weighted by atomic mass is 15.1. The normalized spacial score (nSPS) is 24.4. The van der Waals surface area contributed by atoms with Crippen molar-refractivity contribution in [3.05, 3.63) is 46.5 Å². The van der Waals surface area contributed by atoms with E-state index in [-0.39, 0.29) is 0 Å². The Labute approximate surface area is 117 Å². The first-order valence-corrected chi connectivity index (χ1v) is 7.70. The van der Waals surface area contributed by atoms with Gasteiger partial charge in [-0.15, -0.1) is 0 Å². The van der Waals surface area contributed by atoms with Crippen LogP contribution in [0.1, 0.15) is 43.2 Å². The van der Waals surface area contributed by atoms with E-state index in [1.807, 2.05) is 0 Å². The Morgan fingerprint density at radius 3 is 2.58 bits per heavy atom. The van der Waals surface area contributed by atoms with Crippen molar-refractivity contribution in [3.63, 3.8) is 0 Å². The first kappa shape index (κ1) is 12.9. The van der Waals surface area contributed by atoms with Gasteiger partial charge in [0.1, 0.15) is 0 Å². The third-order valence-corrected chi connectivity index (χ3v) is 4.88. The lowest BCUT2D eigenvalue weighted by molar-refractivity contribution is 0.242. The van der Waals surface area contributed by atoms with Gasteiger partial charge in [0.2, 0.25) is 0 Å². The number of hydrogen-bond acceptors (Lipinski definition) is 1. The summed E-state index contributed by atoms with van der Waals surface area (Å²) >= 11 is 0. The third-order valence-electron chi connectivity index (χ3n) is 4.88. The van der Waals surface area contributed by atoms with Crippen LogP contribution in [-0.2, 0) is 6.42 Å². The highest BCUT2D eigenvalue weighted by Crippen LogP contribution is 2.35. The Balaban J connectivity index is 1.82. The van der Waals surface area contributed by atoms with Crippen molar-refractivity contribution in [2.75, 3.05) is 13.6 Å². The zero-order chi connectivity index (χ0) is 13.2. The summed E-state index contributed by atoms with van der Waals surface area (Å²) in [4.78, 5) is 2.57. The summed E-state index contributed by atoms with van der Waals surface area (Å²) in [7, 11) is 2.30. The molecular formula is C18H25N. The van der Waals surface area contributed by atoms with Crippen molar-refractivity contribution in [1.82, 2.24) is 4.90 Å². The second-order valence-corrected chi connectivity index (χ2v) is 6.27. The lowest BCUT2D eigenvalue weighted by Crippen LogP contribution is -2.40. The van der Waals surface area contributed by atoms with Crippen molar-refractivity contribution in [2.45, 2.75) is 51.5 Å². The maximum absolute atomic E-state index is 2.57. The van der Waals surface area contributed by atoms with Crippen LogP contribution in [-0.4, -0.2) is 24.5 Å². The highest BCUT2D eigenvalue weighted by molar-refractivity contribution is 5.30. The molecule has 1 aromatic rings. The van der Waals surface area contributed by atoms with Gasteiger partial charge in [0.05, 0.1) is 0 Å². The van der Waals surface area contributed by atoms with Crippen LogP contribution < -0.4 is 0 Å². The van der Waals surface area contributed by atoms with Gasteiger partial charge in [-0.3, -0.25) is 4.90 Å². The molecule has 0 radical (unpaired) electrons. The number of likely N-dealkylation sites (N-methyl/N-ethyl adjacent to an activating group) is 1. The minimum atomic E-state index is 0.659. The predicted octanol–water partition coefficient (Wildman–Crippen LogP) is 4.11. The van der Waals surface area contributed by atoms with Crippen LogP contribution in [0.25, 0.3) is 0 Å². The maximum Gasteiger partial charge on any atom is 0.0347 e. The first-order valence-electron chi connectivity index (χ1n) is 7.70. The molecule has 1 unspecified atom stereocenters. The molecule has 2 aliphatic rings. The second-order valence-electron chi connectivity index (χ2n) is 6.27. The molecule has 19 heavy (non-hydrogen) atoms. The van der Waals surface area contributed by atoms with E-state index in [9.17, 15) is 0 Å². The molecule has 1 aliphatic heterocycles. The van der Waals surface area contributed by atoms with Gasteiger partial charge in [0, 0.05) is 12.6 Å². The second kappa shape index (κ2) is 5.50. The van der Waals surface area contributed by atoms with E-state index < -0.39 is 0 Å². The standard InChI is InChI=1S/C18H25N/c1-14-7-9-15(10-8-14)13-18-17-6-4-3-5-16(17)11-12-19(18)2/h7-10,18H,3-6,11-13H2,1-2H3. The lowest BCUT2D eigenvalue weighted by atomic mass is 9.80. The molecule has 0 amide bonds. The predicted molar refractivity (Wildman–Crippen MR) is 81.4 cm³/mol. The molecule has 1 nitrogen and oxygen atoms in total. The van der Waals surface area contributed by atoms with Gasteiger partial charge < -0.3 is 0 Å². The summed E-state index contributed by atoms with van der Waals surface area (Å²) in [6.45, 7) is 3.41. The minimum Gasteiger partial charge on any atom is -0.299 e. The highest BCUT2D eigenvalue weighted by Gasteiger charge is 2.28. The van der Waals surface area contributed by atoms with Crippen LogP contribution in [0.3, 0.4) is 0 Å². The van der Waals surface area contributed by atoms with Gasteiger partial charge in [0.25, 0.3) is 0 Å². The van der Waals surface area contributed by atoms with E-state index in [0.717, 1.165) is 0 Å². The number of benzene rings is 1. The van der Waals surface area contributed by atoms with Gasteiger partial charge in [-0.25, -0.2) is 0 Å². The smallest absolute Gasteiger partial charge is 0.0347 e. The average Bonchev–Trinajstić information content (AvgIpc) is 2.44. The van der Waals surface area contributed by atoms with Gasteiger partial charge >= 0.3 is 0 Å². The molecule has 102 valence electrons. The maximum atomic E-state index is 2.57. The quantitative estimate of drug-likeness (QED) is 0.719. The van der Waals surface area contributed by atoms with Crippen molar-refractivity contribution in [1.29, 1.82) is 0 Å². The molecule has 0 N–H and O–H groups in total. The molecule has 0 bridgehead atoms. The monoisotopic (exact) mass is 255 g/mol. The fourth-order valence-corrected chi connectivity index (χ4v) is 3.64. The van der Waals surface area contributed by atoms with Crippen molar-refractivity contribution in [2.24, 2.45) is 0 Å². The number of nitrogens with zero attached hydrogens (tertiary/aromatic N) is 1. The molecule has 3 rings (SSSR count). The summed E-state index contributed by atoms with van der Waals surface area (Å²) in [6.07, 6.45) is 8.03. The molecule has 0 saturated carbocycles. The van der Waals surface area contributed by atoms with E-state index >= 15 is 0 Å². The van der Waals surface area contributed by atoms with E-state index in [4.69, 9.17) is 0 Å². The Bertz CT molecular complexity index is 469. The largest absolute Gasteiger partial charge is 0.299 e. The third kappa shape index (κ3) is 2.76. The minimum absolute atomic E-state index is 0.659. The Morgan fingerprint density at radius 1 is 1.05 bits per heavy atom. The Morgan fingerprint density at radius 2 is 1.79 bits per heavy atom. The Hall–Kier alpha value is -1.08. The molecule has 1 heteroatoms. The van der Waals surface area contributed by atoms with Gasteiger partial charge in [-0.2, -0.15) is 0 Å². The van der Waals surface area contributed by atoms with E-state index in [1.165, 1.54) is 56.2 Å². The molecule has 0 fully saturated rings. The fraction of sp³-hybridized carbons (Fsp3) is 0.556. The first-order chi connectivity index (χ1) is 9.24. The summed E-state index contributed by atoms with van der Waals surface area (Å²) < 4.78 is 0. The van der Waals surface area contributed by atoms with Crippen LogP contribution in [0.4, 0.5) is 0 Å². The number of rotatable bonds is 2. The topological polar surface area (TPSA) is 3.24 Å². The molecule has 0 saturated heterocycles.